The fourth-order valence-electron chi connectivity index (χ4n) is 2.34. The lowest BCUT2D eigenvalue weighted by Crippen LogP contribution is -2.28. The van der Waals surface area contributed by atoms with Crippen molar-refractivity contribution < 1.29 is 4.79 Å². The highest BCUT2D eigenvalue weighted by molar-refractivity contribution is 6.35. The van der Waals surface area contributed by atoms with Crippen molar-refractivity contribution in [2.24, 2.45) is 0 Å². The highest BCUT2D eigenvalue weighted by Gasteiger charge is 2.14. The van der Waals surface area contributed by atoms with E-state index in [-0.39, 0.29) is 5.91 Å². The number of carbonyl (C=O) groups is 1. The third-order valence-corrected chi connectivity index (χ3v) is 3.89. The maximum Gasteiger partial charge on any atom is 0.254 e. The lowest BCUT2D eigenvalue weighted by molar-refractivity contribution is 0.0952. The molecule has 2 aromatic rings. The van der Waals surface area contributed by atoms with Crippen LogP contribution in [-0.2, 0) is 6.42 Å². The largest absolute Gasteiger partial charge is 0.352 e. The van der Waals surface area contributed by atoms with Crippen LogP contribution in [0.1, 0.15) is 33.1 Å². The van der Waals surface area contributed by atoms with E-state index >= 15 is 0 Å². The number of nitrogens with zero attached hydrogens (tertiary/aromatic N) is 2. The quantitative estimate of drug-likeness (QED) is 0.925. The Balaban J connectivity index is 2.02. The summed E-state index contributed by atoms with van der Waals surface area (Å²) < 4.78 is 0. The topological polar surface area (TPSA) is 54.9 Å². The van der Waals surface area contributed by atoms with Crippen molar-refractivity contribution in [3.8, 4) is 0 Å². The van der Waals surface area contributed by atoms with E-state index in [0.29, 0.717) is 45.8 Å². The Morgan fingerprint density at radius 2 is 1.77 bits per heavy atom. The van der Waals surface area contributed by atoms with Crippen molar-refractivity contribution in [1.29, 1.82) is 0 Å². The van der Waals surface area contributed by atoms with Crippen LogP contribution in [0.5, 0.6) is 0 Å². The zero-order valence-corrected chi connectivity index (χ0v) is 14.2. The first kappa shape index (κ1) is 16.7. The molecule has 1 aromatic heterocycles. The summed E-state index contributed by atoms with van der Waals surface area (Å²) in [5.74, 6) is 0.500. The van der Waals surface area contributed by atoms with Gasteiger partial charge in [0, 0.05) is 16.6 Å². The van der Waals surface area contributed by atoms with Gasteiger partial charge < -0.3 is 5.32 Å². The van der Waals surface area contributed by atoms with E-state index in [2.05, 4.69) is 15.3 Å². The zero-order chi connectivity index (χ0) is 16.3. The van der Waals surface area contributed by atoms with Crippen molar-refractivity contribution >= 4 is 29.1 Å². The van der Waals surface area contributed by atoms with Crippen molar-refractivity contribution in [1.82, 2.24) is 15.3 Å². The molecule has 0 aliphatic heterocycles. The van der Waals surface area contributed by atoms with Gasteiger partial charge in [-0.25, -0.2) is 9.97 Å². The molecule has 116 valence electrons. The summed E-state index contributed by atoms with van der Waals surface area (Å²) in [7, 11) is 0. The molecule has 4 nitrogen and oxygen atoms in total. The third kappa shape index (κ3) is 3.96. The van der Waals surface area contributed by atoms with E-state index in [1.165, 1.54) is 0 Å². The number of rotatable bonds is 4. The Morgan fingerprint density at radius 3 is 2.36 bits per heavy atom. The lowest BCUT2D eigenvalue weighted by atomic mass is 10.1. The molecule has 22 heavy (non-hydrogen) atoms. The summed E-state index contributed by atoms with van der Waals surface area (Å²) in [5.41, 5.74) is 2.85. The van der Waals surface area contributed by atoms with Crippen LogP contribution in [0.25, 0.3) is 0 Å². The van der Waals surface area contributed by atoms with E-state index in [1.807, 2.05) is 26.8 Å². The Morgan fingerprint density at radius 1 is 1.14 bits per heavy atom. The molecule has 1 aromatic carbocycles. The fraction of sp³-hybridized carbons (Fsp3) is 0.312. The molecule has 0 saturated heterocycles. The van der Waals surface area contributed by atoms with Crippen molar-refractivity contribution in [2.75, 3.05) is 6.54 Å². The summed E-state index contributed by atoms with van der Waals surface area (Å²) in [4.78, 5) is 20.8. The van der Waals surface area contributed by atoms with E-state index in [4.69, 9.17) is 23.2 Å². The van der Waals surface area contributed by atoms with Gasteiger partial charge in [0.25, 0.3) is 5.91 Å². The minimum absolute atomic E-state index is 0.167. The van der Waals surface area contributed by atoms with Gasteiger partial charge in [-0.3, -0.25) is 4.79 Å². The van der Waals surface area contributed by atoms with Gasteiger partial charge in [0.1, 0.15) is 5.82 Å². The maximum atomic E-state index is 12.3. The van der Waals surface area contributed by atoms with Crippen molar-refractivity contribution in [3.05, 3.63) is 56.6 Å². The van der Waals surface area contributed by atoms with Gasteiger partial charge in [0.05, 0.1) is 17.0 Å². The summed E-state index contributed by atoms with van der Waals surface area (Å²) in [6, 6.07) is 5.34. The Hall–Kier alpha value is -1.65. The number of amides is 1. The molecule has 0 spiro atoms. The summed E-state index contributed by atoms with van der Waals surface area (Å²) in [5, 5.41) is 4.08. The molecule has 0 saturated carbocycles. The van der Waals surface area contributed by atoms with Crippen LogP contribution in [-0.4, -0.2) is 22.4 Å². The second-order valence-electron chi connectivity index (χ2n) is 5.06. The standard InChI is InChI=1S/C16H17Cl2N3O/c1-9-15(10(2)21-11(3)20-9)16(22)19-7-6-12-4-5-13(17)8-14(12)18/h4-5,8H,6-7H2,1-3H3,(H,19,22). The summed E-state index contributed by atoms with van der Waals surface area (Å²) >= 11 is 12.0. The van der Waals surface area contributed by atoms with Gasteiger partial charge in [-0.15, -0.1) is 0 Å². The predicted molar refractivity (Wildman–Crippen MR) is 88.7 cm³/mol. The number of halogens is 2. The minimum Gasteiger partial charge on any atom is -0.352 e. The zero-order valence-electron chi connectivity index (χ0n) is 12.7. The van der Waals surface area contributed by atoms with E-state index in [0.717, 1.165) is 5.56 Å². The van der Waals surface area contributed by atoms with Crippen LogP contribution in [0.4, 0.5) is 0 Å². The summed E-state index contributed by atoms with van der Waals surface area (Å²) in [6.45, 7) is 5.91. The van der Waals surface area contributed by atoms with Crippen LogP contribution in [0.2, 0.25) is 10.0 Å². The molecule has 0 fully saturated rings. The number of aromatic nitrogens is 2. The van der Waals surface area contributed by atoms with E-state index in [1.54, 1.807) is 12.1 Å². The molecule has 1 N–H and O–H groups in total. The smallest absolute Gasteiger partial charge is 0.254 e. The average Bonchev–Trinajstić information content (AvgIpc) is 2.40. The second-order valence-corrected chi connectivity index (χ2v) is 5.90. The molecule has 0 aliphatic carbocycles. The molecule has 6 heteroatoms. The molecule has 1 amide bonds. The number of aryl methyl sites for hydroxylation is 3. The molecule has 2 rings (SSSR count). The molecule has 1 heterocycles. The van der Waals surface area contributed by atoms with Crippen LogP contribution < -0.4 is 5.32 Å². The molecule has 0 aliphatic rings. The van der Waals surface area contributed by atoms with Gasteiger partial charge in [-0.1, -0.05) is 29.3 Å². The monoisotopic (exact) mass is 337 g/mol. The van der Waals surface area contributed by atoms with Crippen LogP contribution in [0.3, 0.4) is 0 Å². The normalized spacial score (nSPS) is 10.6. The van der Waals surface area contributed by atoms with Crippen molar-refractivity contribution in [2.45, 2.75) is 27.2 Å². The fourth-order valence-corrected chi connectivity index (χ4v) is 2.84. The first-order valence-corrected chi connectivity index (χ1v) is 7.68. The SMILES string of the molecule is Cc1nc(C)c(C(=O)NCCc2ccc(Cl)cc2Cl)c(C)n1. The Kier molecular flexibility index (Phi) is 5.37. The highest BCUT2D eigenvalue weighted by atomic mass is 35.5. The molecular weight excluding hydrogens is 321 g/mol. The maximum absolute atomic E-state index is 12.3. The van der Waals surface area contributed by atoms with Gasteiger partial charge in [-0.2, -0.15) is 0 Å². The Bertz CT molecular complexity index is 694. The van der Waals surface area contributed by atoms with E-state index < -0.39 is 0 Å². The second kappa shape index (κ2) is 7.07. The Labute approximate surface area is 139 Å². The number of hydrogen-bond donors (Lipinski definition) is 1. The lowest BCUT2D eigenvalue weighted by Gasteiger charge is -2.11. The van der Waals surface area contributed by atoms with Gasteiger partial charge in [0.15, 0.2) is 0 Å². The average molecular weight is 338 g/mol. The number of nitrogens with one attached hydrogen (secondary N) is 1. The molecule has 0 atom stereocenters. The van der Waals surface area contributed by atoms with Crippen LogP contribution in [0, 0.1) is 20.8 Å². The molecule has 0 radical (unpaired) electrons. The third-order valence-electron chi connectivity index (χ3n) is 3.30. The van der Waals surface area contributed by atoms with Crippen LogP contribution >= 0.6 is 23.2 Å². The molecular formula is C16H17Cl2N3O. The predicted octanol–water partition coefficient (Wildman–Crippen LogP) is 3.68. The van der Waals surface area contributed by atoms with Gasteiger partial charge in [0.2, 0.25) is 0 Å². The van der Waals surface area contributed by atoms with Crippen molar-refractivity contribution in [3.63, 3.8) is 0 Å². The highest BCUT2D eigenvalue weighted by Crippen LogP contribution is 2.21. The molecule has 0 bridgehead atoms. The van der Waals surface area contributed by atoms with E-state index in [9.17, 15) is 4.79 Å². The molecule has 0 unspecified atom stereocenters. The van der Waals surface area contributed by atoms with Crippen LogP contribution in [0.15, 0.2) is 18.2 Å². The number of benzene rings is 1. The number of carbonyl (C=O) groups excluding carboxylic acids is 1. The number of hydrogen-bond acceptors (Lipinski definition) is 3. The van der Waals surface area contributed by atoms with Gasteiger partial charge >= 0.3 is 0 Å². The first-order valence-electron chi connectivity index (χ1n) is 6.92. The summed E-state index contributed by atoms with van der Waals surface area (Å²) in [6.07, 6.45) is 0.632. The minimum atomic E-state index is -0.167. The first-order chi connectivity index (χ1) is 10.4. The van der Waals surface area contributed by atoms with Gasteiger partial charge in [-0.05, 0) is 44.9 Å².